The molecule has 1 aromatic rings. The molecule has 0 radical (unpaired) electrons. The van der Waals surface area contributed by atoms with E-state index in [9.17, 15) is 14.7 Å². The van der Waals surface area contributed by atoms with E-state index in [-0.39, 0.29) is 25.3 Å². The Hall–Kier alpha value is -2.24. The second kappa shape index (κ2) is 7.16. The lowest BCUT2D eigenvalue weighted by Gasteiger charge is -2.07. The van der Waals surface area contributed by atoms with Gasteiger partial charge in [0.2, 0.25) is 0 Å². The summed E-state index contributed by atoms with van der Waals surface area (Å²) in [5, 5.41) is 20.2. The Morgan fingerprint density at radius 3 is 2.67 bits per heavy atom. The van der Waals surface area contributed by atoms with E-state index in [4.69, 9.17) is 9.84 Å². The van der Waals surface area contributed by atoms with Crippen LogP contribution in [0.15, 0.2) is 24.3 Å². The maximum absolute atomic E-state index is 11.2. The van der Waals surface area contributed by atoms with Crippen LogP contribution in [0.1, 0.15) is 18.4 Å². The molecule has 1 aromatic carbocycles. The zero-order chi connectivity index (χ0) is 13.4. The quantitative estimate of drug-likeness (QED) is 0.667. The largest absolute Gasteiger partial charge is 0.508 e. The molecule has 0 saturated carbocycles. The second-order valence-electron chi connectivity index (χ2n) is 3.63. The lowest BCUT2D eigenvalue weighted by molar-refractivity contribution is -0.137. The number of alkyl carbamates (subject to hydrolysis) is 1. The molecule has 1 amide bonds. The molecule has 3 N–H and O–H groups in total. The third kappa shape index (κ3) is 5.20. The Morgan fingerprint density at radius 2 is 2.00 bits per heavy atom. The minimum absolute atomic E-state index is 0.000245. The van der Waals surface area contributed by atoms with E-state index in [0.717, 1.165) is 0 Å². The predicted octanol–water partition coefficient (Wildman–Crippen LogP) is 1.48. The molecule has 0 aliphatic heterocycles. The highest BCUT2D eigenvalue weighted by Gasteiger charge is 2.05. The summed E-state index contributed by atoms with van der Waals surface area (Å²) in [5.41, 5.74) is 0.512. The Kier molecular flexibility index (Phi) is 5.50. The fourth-order valence-electron chi connectivity index (χ4n) is 1.26. The number of hydrogen-bond acceptors (Lipinski definition) is 4. The number of ether oxygens (including phenoxy) is 1. The van der Waals surface area contributed by atoms with Crippen molar-refractivity contribution in [1.82, 2.24) is 5.32 Å². The monoisotopic (exact) mass is 253 g/mol. The predicted molar refractivity (Wildman–Crippen MR) is 63.2 cm³/mol. The van der Waals surface area contributed by atoms with E-state index < -0.39 is 12.1 Å². The topological polar surface area (TPSA) is 95.9 Å². The molecular formula is C12H15NO5. The number of aromatic hydroxyl groups is 1. The van der Waals surface area contributed by atoms with Gasteiger partial charge in [0.05, 0.1) is 0 Å². The van der Waals surface area contributed by atoms with Crippen molar-refractivity contribution in [3.63, 3.8) is 0 Å². The van der Waals surface area contributed by atoms with Gasteiger partial charge in [-0.15, -0.1) is 0 Å². The van der Waals surface area contributed by atoms with Gasteiger partial charge in [-0.1, -0.05) is 18.2 Å². The zero-order valence-corrected chi connectivity index (χ0v) is 9.76. The number of aliphatic carboxylic acids is 1. The van der Waals surface area contributed by atoms with Gasteiger partial charge in [0.15, 0.2) is 0 Å². The number of hydrogen-bond donors (Lipinski definition) is 3. The summed E-state index contributed by atoms with van der Waals surface area (Å²) in [4.78, 5) is 21.4. The van der Waals surface area contributed by atoms with Crippen molar-refractivity contribution in [2.75, 3.05) is 6.54 Å². The maximum atomic E-state index is 11.2. The first-order valence-electron chi connectivity index (χ1n) is 5.49. The van der Waals surface area contributed by atoms with Crippen molar-refractivity contribution in [3.8, 4) is 5.75 Å². The van der Waals surface area contributed by atoms with E-state index in [1.165, 1.54) is 6.07 Å². The minimum Gasteiger partial charge on any atom is -0.508 e. The summed E-state index contributed by atoms with van der Waals surface area (Å²) >= 11 is 0. The van der Waals surface area contributed by atoms with Crippen LogP contribution in [0.5, 0.6) is 5.75 Å². The Bertz CT molecular complexity index is 419. The van der Waals surface area contributed by atoms with E-state index >= 15 is 0 Å². The number of amides is 1. The fourth-order valence-corrected chi connectivity index (χ4v) is 1.26. The highest BCUT2D eigenvalue weighted by molar-refractivity contribution is 5.68. The standard InChI is InChI=1S/C12H15NO5/c14-10-5-2-1-4-9(10)8-18-12(17)13-7-3-6-11(15)16/h1-2,4-5,14H,3,6-8H2,(H,13,17)(H,15,16). The van der Waals surface area contributed by atoms with E-state index in [1.54, 1.807) is 18.2 Å². The number of phenolic OH excluding ortho intramolecular Hbond substituents is 1. The van der Waals surface area contributed by atoms with Gasteiger partial charge in [0.1, 0.15) is 12.4 Å². The third-order valence-electron chi connectivity index (χ3n) is 2.19. The van der Waals surface area contributed by atoms with Crippen LogP contribution in [0.2, 0.25) is 0 Å². The number of rotatable bonds is 6. The molecule has 0 fully saturated rings. The van der Waals surface area contributed by atoms with Crippen LogP contribution in [0.4, 0.5) is 4.79 Å². The van der Waals surface area contributed by atoms with Crippen molar-refractivity contribution in [1.29, 1.82) is 0 Å². The summed E-state index contributed by atoms with van der Waals surface area (Å²) in [6.45, 7) is 0.212. The molecule has 6 heteroatoms. The van der Waals surface area contributed by atoms with Gasteiger partial charge >= 0.3 is 12.1 Å². The first-order valence-corrected chi connectivity index (χ1v) is 5.49. The van der Waals surface area contributed by atoms with Gasteiger partial charge in [-0.3, -0.25) is 4.79 Å². The zero-order valence-electron chi connectivity index (χ0n) is 9.76. The van der Waals surface area contributed by atoms with Crippen LogP contribution in [0.25, 0.3) is 0 Å². The smallest absolute Gasteiger partial charge is 0.407 e. The maximum Gasteiger partial charge on any atom is 0.407 e. The molecule has 0 unspecified atom stereocenters. The molecule has 0 aromatic heterocycles. The number of benzene rings is 1. The van der Waals surface area contributed by atoms with Gasteiger partial charge in [0.25, 0.3) is 0 Å². The van der Waals surface area contributed by atoms with Gasteiger partial charge < -0.3 is 20.3 Å². The normalized spacial score (nSPS) is 9.78. The average molecular weight is 253 g/mol. The van der Waals surface area contributed by atoms with Crippen LogP contribution in [-0.4, -0.2) is 28.8 Å². The van der Waals surface area contributed by atoms with Gasteiger partial charge in [-0.05, 0) is 12.5 Å². The fraction of sp³-hybridized carbons (Fsp3) is 0.333. The molecule has 0 aliphatic rings. The Labute approximate surface area is 104 Å². The molecule has 0 atom stereocenters. The lowest BCUT2D eigenvalue weighted by Crippen LogP contribution is -2.25. The molecule has 6 nitrogen and oxygen atoms in total. The first-order chi connectivity index (χ1) is 8.59. The SMILES string of the molecule is O=C(O)CCCNC(=O)OCc1ccccc1O. The van der Waals surface area contributed by atoms with Crippen molar-refractivity contribution >= 4 is 12.1 Å². The summed E-state index contributed by atoms with van der Waals surface area (Å²) in [7, 11) is 0. The highest BCUT2D eigenvalue weighted by Crippen LogP contribution is 2.16. The van der Waals surface area contributed by atoms with Crippen molar-refractivity contribution in [3.05, 3.63) is 29.8 Å². The lowest BCUT2D eigenvalue weighted by atomic mass is 10.2. The number of carbonyl (C=O) groups excluding carboxylic acids is 1. The number of nitrogens with one attached hydrogen (secondary N) is 1. The van der Waals surface area contributed by atoms with Crippen LogP contribution < -0.4 is 5.32 Å². The van der Waals surface area contributed by atoms with E-state index in [0.29, 0.717) is 12.0 Å². The molecule has 1 rings (SSSR count). The van der Waals surface area contributed by atoms with Crippen molar-refractivity contribution < 1.29 is 24.5 Å². The summed E-state index contributed by atoms with van der Waals surface area (Å²) in [6, 6.07) is 6.55. The molecule has 0 bridgehead atoms. The number of carbonyl (C=O) groups is 2. The highest BCUT2D eigenvalue weighted by atomic mass is 16.5. The number of para-hydroxylation sites is 1. The molecular weight excluding hydrogens is 238 g/mol. The number of phenols is 1. The molecule has 0 spiro atoms. The molecule has 0 aliphatic carbocycles. The van der Waals surface area contributed by atoms with Crippen LogP contribution in [0.3, 0.4) is 0 Å². The van der Waals surface area contributed by atoms with Crippen molar-refractivity contribution in [2.45, 2.75) is 19.4 Å². The van der Waals surface area contributed by atoms with Crippen molar-refractivity contribution in [2.24, 2.45) is 0 Å². The molecule has 0 saturated heterocycles. The first kappa shape index (κ1) is 13.8. The Balaban J connectivity index is 2.21. The Morgan fingerprint density at radius 1 is 1.28 bits per heavy atom. The molecule has 0 heterocycles. The van der Waals surface area contributed by atoms with Gasteiger partial charge in [-0.2, -0.15) is 0 Å². The number of carboxylic acids is 1. The van der Waals surface area contributed by atoms with E-state index in [1.807, 2.05) is 0 Å². The summed E-state index contributed by atoms with van der Waals surface area (Å²) in [5.74, 6) is -0.837. The van der Waals surface area contributed by atoms with Gasteiger partial charge in [0, 0.05) is 18.5 Å². The van der Waals surface area contributed by atoms with Crippen LogP contribution in [0, 0.1) is 0 Å². The molecule has 18 heavy (non-hydrogen) atoms. The van der Waals surface area contributed by atoms with E-state index in [2.05, 4.69) is 5.32 Å². The number of carboxylic acid groups (broad SMARTS) is 1. The van der Waals surface area contributed by atoms with Crippen LogP contribution >= 0.6 is 0 Å². The second-order valence-corrected chi connectivity index (χ2v) is 3.63. The minimum atomic E-state index is -0.903. The average Bonchev–Trinajstić information content (AvgIpc) is 2.33. The van der Waals surface area contributed by atoms with Crippen LogP contribution in [-0.2, 0) is 16.1 Å². The molecule has 98 valence electrons. The third-order valence-corrected chi connectivity index (χ3v) is 2.19. The van der Waals surface area contributed by atoms with Gasteiger partial charge in [-0.25, -0.2) is 4.79 Å². The summed E-state index contributed by atoms with van der Waals surface area (Å²) in [6.07, 6.45) is -0.288. The summed E-state index contributed by atoms with van der Waals surface area (Å²) < 4.78 is 4.86.